The number of methoxy groups -OCH3 is 2. The topological polar surface area (TPSA) is 42.5 Å². The number of rotatable bonds is 10. The fraction of sp³-hybridized carbons (Fsp3) is 0.600. The highest BCUT2D eigenvalue weighted by Crippen LogP contribution is 2.22. The second-order valence-electron chi connectivity index (χ2n) is 4.50. The first-order valence-electron chi connectivity index (χ1n) is 6.93. The van der Waals surface area contributed by atoms with Crippen LogP contribution in [-0.4, -0.2) is 33.9 Å². The molecular formula is C15H26N2O2. The van der Waals surface area contributed by atoms with Gasteiger partial charge < -0.3 is 20.1 Å². The highest BCUT2D eigenvalue weighted by Gasteiger charge is 2.01. The zero-order chi connectivity index (χ0) is 13.9. The van der Waals surface area contributed by atoms with Crippen LogP contribution >= 0.6 is 0 Å². The van der Waals surface area contributed by atoms with E-state index >= 15 is 0 Å². The molecule has 4 heteroatoms. The number of ether oxygens (including phenoxy) is 2. The molecule has 19 heavy (non-hydrogen) atoms. The number of benzene rings is 1. The Morgan fingerprint density at radius 3 is 2.11 bits per heavy atom. The van der Waals surface area contributed by atoms with Crippen molar-refractivity contribution < 1.29 is 9.47 Å². The van der Waals surface area contributed by atoms with Crippen LogP contribution in [0, 0.1) is 0 Å². The van der Waals surface area contributed by atoms with Crippen molar-refractivity contribution in [2.24, 2.45) is 0 Å². The second kappa shape index (κ2) is 9.64. The third-order valence-corrected chi connectivity index (χ3v) is 2.87. The number of hydrogen-bond donors (Lipinski definition) is 2. The zero-order valence-corrected chi connectivity index (χ0v) is 12.3. The van der Waals surface area contributed by atoms with Crippen molar-refractivity contribution in [1.82, 2.24) is 10.6 Å². The summed E-state index contributed by atoms with van der Waals surface area (Å²) in [6, 6.07) is 5.95. The van der Waals surface area contributed by atoms with Crippen LogP contribution in [0.2, 0.25) is 0 Å². The zero-order valence-electron chi connectivity index (χ0n) is 12.3. The molecule has 0 unspecified atom stereocenters. The Hall–Kier alpha value is -1.26. The van der Waals surface area contributed by atoms with E-state index in [1.807, 2.05) is 18.2 Å². The molecule has 0 saturated carbocycles. The van der Waals surface area contributed by atoms with Crippen LogP contribution in [0.15, 0.2) is 18.2 Å². The molecule has 0 aromatic heterocycles. The summed E-state index contributed by atoms with van der Waals surface area (Å²) in [5, 5.41) is 6.82. The van der Waals surface area contributed by atoms with Gasteiger partial charge in [0, 0.05) is 12.6 Å². The second-order valence-corrected chi connectivity index (χ2v) is 4.50. The van der Waals surface area contributed by atoms with Gasteiger partial charge in [0.05, 0.1) is 14.2 Å². The minimum atomic E-state index is 0.834. The molecule has 0 aliphatic carbocycles. The third-order valence-electron chi connectivity index (χ3n) is 2.87. The number of hydrogen-bond acceptors (Lipinski definition) is 4. The van der Waals surface area contributed by atoms with Gasteiger partial charge in [0.25, 0.3) is 0 Å². The van der Waals surface area contributed by atoms with Crippen molar-refractivity contribution in [1.29, 1.82) is 0 Å². The standard InChI is InChI=1S/C15H26N2O2/c1-4-6-16-7-5-8-17-12-13-9-14(18-2)11-15(10-13)19-3/h9-11,16-17H,4-8,12H2,1-3H3. The third kappa shape index (κ3) is 6.45. The van der Waals surface area contributed by atoms with Crippen LogP contribution in [0.1, 0.15) is 25.3 Å². The van der Waals surface area contributed by atoms with Crippen LogP contribution in [0.25, 0.3) is 0 Å². The van der Waals surface area contributed by atoms with Gasteiger partial charge in [0.2, 0.25) is 0 Å². The lowest BCUT2D eigenvalue weighted by Crippen LogP contribution is -2.22. The normalized spacial score (nSPS) is 10.5. The van der Waals surface area contributed by atoms with Gasteiger partial charge in [-0.3, -0.25) is 0 Å². The Kier molecular flexibility index (Phi) is 8.02. The molecule has 0 aliphatic rings. The van der Waals surface area contributed by atoms with Crippen molar-refractivity contribution >= 4 is 0 Å². The maximum Gasteiger partial charge on any atom is 0.122 e. The smallest absolute Gasteiger partial charge is 0.122 e. The SMILES string of the molecule is CCCNCCCNCc1cc(OC)cc(OC)c1. The molecular weight excluding hydrogens is 240 g/mol. The van der Waals surface area contributed by atoms with E-state index in [0.29, 0.717) is 0 Å². The van der Waals surface area contributed by atoms with Crippen LogP contribution in [0.5, 0.6) is 11.5 Å². The van der Waals surface area contributed by atoms with Crippen LogP contribution < -0.4 is 20.1 Å². The van der Waals surface area contributed by atoms with Gasteiger partial charge in [0.15, 0.2) is 0 Å². The lowest BCUT2D eigenvalue weighted by Gasteiger charge is -2.09. The summed E-state index contributed by atoms with van der Waals surface area (Å²) in [5.41, 5.74) is 1.18. The molecule has 1 rings (SSSR count). The average molecular weight is 266 g/mol. The molecule has 1 aromatic rings. The van der Waals surface area contributed by atoms with Crippen molar-refractivity contribution in [3.8, 4) is 11.5 Å². The predicted octanol–water partition coefficient (Wildman–Crippen LogP) is 2.18. The Balaban J connectivity index is 2.28. The van der Waals surface area contributed by atoms with Crippen molar-refractivity contribution in [2.45, 2.75) is 26.3 Å². The quantitative estimate of drug-likeness (QED) is 0.637. The summed E-state index contributed by atoms with van der Waals surface area (Å²) in [7, 11) is 3.34. The summed E-state index contributed by atoms with van der Waals surface area (Å²) in [6.45, 7) is 6.20. The Bertz CT molecular complexity index is 334. The van der Waals surface area contributed by atoms with E-state index < -0.39 is 0 Å². The summed E-state index contributed by atoms with van der Waals surface area (Å²) in [6.07, 6.45) is 2.33. The van der Waals surface area contributed by atoms with E-state index in [2.05, 4.69) is 17.6 Å². The van der Waals surface area contributed by atoms with E-state index in [9.17, 15) is 0 Å². The summed E-state index contributed by atoms with van der Waals surface area (Å²) < 4.78 is 10.5. The Morgan fingerprint density at radius 2 is 1.53 bits per heavy atom. The lowest BCUT2D eigenvalue weighted by molar-refractivity contribution is 0.393. The van der Waals surface area contributed by atoms with Gasteiger partial charge in [-0.1, -0.05) is 6.92 Å². The van der Waals surface area contributed by atoms with Crippen molar-refractivity contribution in [2.75, 3.05) is 33.9 Å². The van der Waals surface area contributed by atoms with Crippen LogP contribution in [-0.2, 0) is 6.54 Å². The summed E-state index contributed by atoms with van der Waals surface area (Å²) in [4.78, 5) is 0. The predicted molar refractivity (Wildman–Crippen MR) is 79.0 cm³/mol. The fourth-order valence-electron chi connectivity index (χ4n) is 1.84. The molecule has 4 nitrogen and oxygen atoms in total. The maximum absolute atomic E-state index is 5.25. The highest BCUT2D eigenvalue weighted by atomic mass is 16.5. The van der Waals surface area contributed by atoms with Gasteiger partial charge in [0.1, 0.15) is 11.5 Å². The number of nitrogens with one attached hydrogen (secondary N) is 2. The first-order chi connectivity index (χ1) is 9.30. The van der Waals surface area contributed by atoms with E-state index in [0.717, 1.165) is 44.1 Å². The van der Waals surface area contributed by atoms with Gasteiger partial charge in [-0.15, -0.1) is 0 Å². The van der Waals surface area contributed by atoms with Crippen molar-refractivity contribution in [3.63, 3.8) is 0 Å². The van der Waals surface area contributed by atoms with E-state index in [1.165, 1.54) is 12.0 Å². The maximum atomic E-state index is 5.25. The first-order valence-corrected chi connectivity index (χ1v) is 6.93. The van der Waals surface area contributed by atoms with Gasteiger partial charge in [-0.2, -0.15) is 0 Å². The fourth-order valence-corrected chi connectivity index (χ4v) is 1.84. The molecule has 0 atom stereocenters. The monoisotopic (exact) mass is 266 g/mol. The average Bonchev–Trinajstić information content (AvgIpc) is 2.45. The largest absolute Gasteiger partial charge is 0.497 e. The molecule has 0 radical (unpaired) electrons. The van der Waals surface area contributed by atoms with E-state index in [1.54, 1.807) is 14.2 Å². The molecule has 108 valence electrons. The molecule has 0 spiro atoms. The lowest BCUT2D eigenvalue weighted by atomic mass is 10.2. The molecule has 0 heterocycles. The Labute approximate surface area is 116 Å². The molecule has 0 fully saturated rings. The van der Waals surface area contributed by atoms with Crippen LogP contribution in [0.4, 0.5) is 0 Å². The van der Waals surface area contributed by atoms with Crippen LogP contribution in [0.3, 0.4) is 0 Å². The molecule has 0 amide bonds. The van der Waals surface area contributed by atoms with Gasteiger partial charge >= 0.3 is 0 Å². The summed E-state index contributed by atoms with van der Waals surface area (Å²) in [5.74, 6) is 1.67. The van der Waals surface area contributed by atoms with Gasteiger partial charge in [-0.25, -0.2) is 0 Å². The molecule has 0 bridgehead atoms. The molecule has 0 aliphatic heterocycles. The summed E-state index contributed by atoms with van der Waals surface area (Å²) >= 11 is 0. The molecule has 2 N–H and O–H groups in total. The first kappa shape index (κ1) is 15.8. The molecule has 0 saturated heterocycles. The highest BCUT2D eigenvalue weighted by molar-refractivity contribution is 5.38. The van der Waals surface area contributed by atoms with Crippen molar-refractivity contribution in [3.05, 3.63) is 23.8 Å². The van der Waals surface area contributed by atoms with Gasteiger partial charge in [-0.05, 0) is 50.2 Å². The minimum Gasteiger partial charge on any atom is -0.497 e. The Morgan fingerprint density at radius 1 is 0.895 bits per heavy atom. The molecule has 1 aromatic carbocycles. The minimum absolute atomic E-state index is 0.834. The van der Waals surface area contributed by atoms with E-state index in [4.69, 9.17) is 9.47 Å². The van der Waals surface area contributed by atoms with E-state index in [-0.39, 0.29) is 0 Å².